The zero-order valence-electron chi connectivity index (χ0n) is 18.0. The maximum Gasteiger partial charge on any atom is 0.280 e. The Balaban J connectivity index is 1.36. The van der Waals surface area contributed by atoms with E-state index in [9.17, 15) is 9.90 Å². The van der Waals surface area contributed by atoms with E-state index < -0.39 is 0 Å². The lowest BCUT2D eigenvalue weighted by atomic mass is 10.1. The molecule has 8 heteroatoms. The minimum atomic E-state index is -0.218. The van der Waals surface area contributed by atoms with Gasteiger partial charge in [-0.15, -0.1) is 15.0 Å². The van der Waals surface area contributed by atoms with E-state index in [1.807, 2.05) is 66.7 Å². The Bertz CT molecular complexity index is 1280. The van der Waals surface area contributed by atoms with E-state index in [0.29, 0.717) is 30.8 Å². The third-order valence-corrected chi connectivity index (χ3v) is 5.47. The van der Waals surface area contributed by atoms with Crippen LogP contribution >= 0.6 is 0 Å². The van der Waals surface area contributed by atoms with Crippen molar-refractivity contribution in [3.8, 4) is 11.4 Å². The number of hydrogen-bond donors (Lipinski definition) is 1. The summed E-state index contributed by atoms with van der Waals surface area (Å²) in [6.45, 7) is 0.406. The Labute approximate surface area is 190 Å². The Morgan fingerprint density at radius 3 is 2.42 bits per heavy atom. The van der Waals surface area contributed by atoms with Gasteiger partial charge >= 0.3 is 0 Å². The lowest BCUT2D eigenvalue weighted by molar-refractivity contribution is -0.132. The van der Waals surface area contributed by atoms with Gasteiger partial charge in [-0.3, -0.25) is 4.79 Å². The van der Waals surface area contributed by atoms with Gasteiger partial charge in [0.1, 0.15) is 22.5 Å². The summed E-state index contributed by atoms with van der Waals surface area (Å²) >= 11 is 0. The normalized spacial score (nSPS) is 13.4. The lowest BCUT2D eigenvalue weighted by Gasteiger charge is -2.15. The second-order valence-corrected chi connectivity index (χ2v) is 7.72. The van der Waals surface area contributed by atoms with Crippen molar-refractivity contribution in [1.29, 1.82) is 0 Å². The molecular weight excluding hydrogens is 418 g/mol. The van der Waals surface area contributed by atoms with Crippen LogP contribution in [0.15, 0.2) is 77.9 Å². The third kappa shape index (κ3) is 4.47. The SMILES string of the molecule is O=C(COc1ccc(CCO)cc1-n1nc2ccccc2n1)N1CCC(c2ccccc2)=N1. The van der Waals surface area contributed by atoms with Gasteiger partial charge < -0.3 is 9.84 Å². The molecule has 1 aliphatic rings. The fourth-order valence-corrected chi connectivity index (χ4v) is 3.78. The van der Waals surface area contributed by atoms with Crippen LogP contribution in [0.1, 0.15) is 17.5 Å². The van der Waals surface area contributed by atoms with Crippen LogP contribution in [-0.2, 0) is 11.2 Å². The number of hydrazone groups is 1. The Kier molecular flexibility index (Phi) is 5.82. The van der Waals surface area contributed by atoms with Gasteiger partial charge in [-0.2, -0.15) is 5.10 Å². The number of amides is 1. The van der Waals surface area contributed by atoms with Crippen molar-refractivity contribution in [3.05, 3.63) is 83.9 Å². The molecule has 0 saturated carbocycles. The highest BCUT2D eigenvalue weighted by Gasteiger charge is 2.22. The highest BCUT2D eigenvalue weighted by molar-refractivity contribution is 6.02. The molecule has 0 aliphatic carbocycles. The Morgan fingerprint density at radius 2 is 1.70 bits per heavy atom. The van der Waals surface area contributed by atoms with Gasteiger partial charge in [0, 0.05) is 13.0 Å². The molecule has 0 fully saturated rings. The molecule has 3 aromatic carbocycles. The predicted molar refractivity (Wildman–Crippen MR) is 124 cm³/mol. The summed E-state index contributed by atoms with van der Waals surface area (Å²) in [7, 11) is 0. The third-order valence-electron chi connectivity index (χ3n) is 5.47. The van der Waals surface area contributed by atoms with Crippen LogP contribution in [0.5, 0.6) is 5.75 Å². The van der Waals surface area contributed by atoms with E-state index in [1.165, 1.54) is 9.81 Å². The molecule has 5 rings (SSSR count). The van der Waals surface area contributed by atoms with E-state index in [0.717, 1.165) is 27.9 Å². The number of rotatable bonds is 7. The summed E-state index contributed by atoms with van der Waals surface area (Å²) in [5.41, 5.74) is 4.96. The molecule has 1 amide bonds. The second-order valence-electron chi connectivity index (χ2n) is 7.72. The fraction of sp³-hybridized carbons (Fsp3) is 0.200. The van der Waals surface area contributed by atoms with Crippen LogP contribution in [0.25, 0.3) is 16.7 Å². The quantitative estimate of drug-likeness (QED) is 0.476. The summed E-state index contributed by atoms with van der Waals surface area (Å²) in [6, 6.07) is 22.9. The summed E-state index contributed by atoms with van der Waals surface area (Å²) in [6.07, 6.45) is 1.21. The minimum Gasteiger partial charge on any atom is -0.481 e. The minimum absolute atomic E-state index is 0.0311. The fourth-order valence-electron chi connectivity index (χ4n) is 3.78. The number of benzene rings is 3. The van der Waals surface area contributed by atoms with Crippen molar-refractivity contribution in [2.24, 2.45) is 5.10 Å². The van der Waals surface area contributed by atoms with E-state index >= 15 is 0 Å². The average Bonchev–Trinajstić information content (AvgIpc) is 3.51. The predicted octanol–water partition coefficient (Wildman–Crippen LogP) is 2.97. The first-order chi connectivity index (χ1) is 16.2. The first-order valence-electron chi connectivity index (χ1n) is 10.8. The van der Waals surface area contributed by atoms with Gasteiger partial charge in [-0.05, 0) is 41.8 Å². The number of aliphatic hydroxyl groups excluding tert-OH is 1. The standard InChI is InChI=1S/C25H23N5O3/c31-15-13-18-10-11-24(23(16-18)30-27-21-8-4-5-9-22(21)28-30)33-17-25(32)29-14-12-20(26-29)19-6-2-1-3-7-19/h1-11,16,31H,12-15,17H2. The molecule has 4 aromatic rings. The molecule has 1 N–H and O–H groups in total. The van der Waals surface area contributed by atoms with Gasteiger partial charge in [-0.25, -0.2) is 5.01 Å². The van der Waals surface area contributed by atoms with Gasteiger partial charge in [0.15, 0.2) is 6.61 Å². The van der Waals surface area contributed by atoms with Crippen LogP contribution in [0.3, 0.4) is 0 Å². The Morgan fingerprint density at radius 1 is 0.970 bits per heavy atom. The smallest absolute Gasteiger partial charge is 0.280 e. The highest BCUT2D eigenvalue weighted by Crippen LogP contribution is 2.25. The van der Waals surface area contributed by atoms with Crippen molar-refractivity contribution < 1.29 is 14.6 Å². The largest absolute Gasteiger partial charge is 0.481 e. The molecule has 0 unspecified atom stereocenters. The van der Waals surface area contributed by atoms with Crippen molar-refractivity contribution in [2.75, 3.05) is 19.8 Å². The zero-order valence-corrected chi connectivity index (χ0v) is 18.0. The van der Waals surface area contributed by atoms with Crippen molar-refractivity contribution in [3.63, 3.8) is 0 Å². The molecule has 2 heterocycles. The van der Waals surface area contributed by atoms with Crippen LogP contribution in [0.4, 0.5) is 0 Å². The van der Waals surface area contributed by atoms with E-state index in [4.69, 9.17) is 4.74 Å². The van der Waals surface area contributed by atoms with Gasteiger partial charge in [0.25, 0.3) is 5.91 Å². The molecule has 1 aromatic heterocycles. The van der Waals surface area contributed by atoms with Crippen molar-refractivity contribution in [1.82, 2.24) is 20.0 Å². The number of fused-ring (bicyclic) bond motifs is 1. The molecule has 8 nitrogen and oxygen atoms in total. The number of nitrogens with zero attached hydrogens (tertiary/aromatic N) is 5. The number of carbonyl (C=O) groups is 1. The van der Waals surface area contributed by atoms with Crippen LogP contribution in [0, 0.1) is 0 Å². The van der Waals surface area contributed by atoms with Crippen molar-refractivity contribution in [2.45, 2.75) is 12.8 Å². The van der Waals surface area contributed by atoms with E-state index in [-0.39, 0.29) is 19.1 Å². The lowest BCUT2D eigenvalue weighted by Crippen LogP contribution is -2.29. The number of carbonyl (C=O) groups excluding carboxylic acids is 1. The topological polar surface area (TPSA) is 92.8 Å². The summed E-state index contributed by atoms with van der Waals surface area (Å²) < 4.78 is 5.91. The van der Waals surface area contributed by atoms with E-state index in [2.05, 4.69) is 15.3 Å². The van der Waals surface area contributed by atoms with Gasteiger partial charge in [0.05, 0.1) is 12.3 Å². The summed E-state index contributed by atoms with van der Waals surface area (Å²) in [5.74, 6) is 0.265. The molecule has 33 heavy (non-hydrogen) atoms. The molecule has 0 atom stereocenters. The van der Waals surface area contributed by atoms with E-state index in [1.54, 1.807) is 6.07 Å². The monoisotopic (exact) mass is 441 g/mol. The second kappa shape index (κ2) is 9.22. The first-order valence-corrected chi connectivity index (χ1v) is 10.8. The molecule has 166 valence electrons. The zero-order chi connectivity index (χ0) is 22.6. The van der Waals surface area contributed by atoms with Gasteiger partial charge in [0.2, 0.25) is 0 Å². The summed E-state index contributed by atoms with van der Waals surface area (Å²) in [4.78, 5) is 14.3. The molecule has 1 aliphatic heterocycles. The highest BCUT2D eigenvalue weighted by atomic mass is 16.5. The molecular formula is C25H23N5O3. The Hall–Kier alpha value is -4.04. The molecule has 0 bridgehead atoms. The van der Waals surface area contributed by atoms with Crippen LogP contribution in [-0.4, -0.2) is 56.5 Å². The van der Waals surface area contributed by atoms with Crippen LogP contribution in [0.2, 0.25) is 0 Å². The van der Waals surface area contributed by atoms with Crippen molar-refractivity contribution >= 4 is 22.7 Å². The number of aliphatic hydroxyl groups is 1. The summed E-state index contributed by atoms with van der Waals surface area (Å²) in [5, 5.41) is 24.4. The van der Waals surface area contributed by atoms with Crippen LogP contribution < -0.4 is 4.74 Å². The number of ether oxygens (including phenoxy) is 1. The maximum absolute atomic E-state index is 12.8. The first kappa shape index (κ1) is 20.8. The number of hydrogen-bond acceptors (Lipinski definition) is 6. The number of aromatic nitrogens is 3. The molecule has 0 spiro atoms. The molecule has 0 radical (unpaired) electrons. The molecule has 0 saturated heterocycles. The maximum atomic E-state index is 12.8. The average molecular weight is 441 g/mol. The van der Waals surface area contributed by atoms with Gasteiger partial charge in [-0.1, -0.05) is 48.5 Å².